The topological polar surface area (TPSA) is 75.7 Å². The lowest BCUT2D eigenvalue weighted by Crippen LogP contribution is -2.39. The van der Waals surface area contributed by atoms with Crippen LogP contribution in [0.25, 0.3) is 0 Å². The van der Waals surface area contributed by atoms with Gasteiger partial charge in [-0.15, -0.1) is 0 Å². The maximum atomic E-state index is 13.1. The molecule has 2 bridgehead atoms. The monoisotopic (exact) mass is 480 g/mol. The number of carbonyl (C=O) groups is 3. The number of hydrogen-bond acceptors (Lipinski definition) is 4. The van der Waals surface area contributed by atoms with Crippen LogP contribution in [0.2, 0.25) is 0 Å². The van der Waals surface area contributed by atoms with Crippen LogP contribution in [-0.2, 0) is 4.74 Å². The van der Waals surface area contributed by atoms with Crippen molar-refractivity contribution in [1.82, 2.24) is 10.2 Å². The molecule has 0 radical (unpaired) electrons. The van der Waals surface area contributed by atoms with Gasteiger partial charge in [0.05, 0.1) is 11.1 Å². The quantitative estimate of drug-likeness (QED) is 0.403. The Kier molecular flexibility index (Phi) is 5.69. The summed E-state index contributed by atoms with van der Waals surface area (Å²) in [6.07, 6.45) is 1.57. The Bertz CT molecular complexity index is 1330. The van der Waals surface area contributed by atoms with Crippen LogP contribution in [0.15, 0.2) is 66.7 Å². The maximum Gasteiger partial charge on any atom is 0.261 e. The molecule has 36 heavy (non-hydrogen) atoms. The molecular formula is C30H28N2O4. The standard InChI is InChI=1S/C30H28N2O4/c1-36-14-6-13-32-29(34)24-12-11-18(15-26(24)30(32)35)28(33)31-17-19-16-25-20-7-2-4-9-22(20)27(19)23-10-5-3-8-21(23)25/h2-5,7-12,15,19,25,27H,6,13-14,16-17H2,1H3,(H,31,33). The van der Waals surface area contributed by atoms with Crippen molar-refractivity contribution >= 4 is 17.7 Å². The fourth-order valence-electron chi connectivity index (χ4n) is 6.29. The average Bonchev–Trinajstić information content (AvgIpc) is 3.16. The van der Waals surface area contributed by atoms with Gasteiger partial charge in [-0.3, -0.25) is 19.3 Å². The van der Waals surface area contributed by atoms with Crippen LogP contribution in [-0.4, -0.2) is 49.4 Å². The fourth-order valence-corrected chi connectivity index (χ4v) is 6.29. The van der Waals surface area contributed by atoms with Gasteiger partial charge in [-0.25, -0.2) is 0 Å². The van der Waals surface area contributed by atoms with Crippen molar-refractivity contribution in [3.05, 3.63) is 106 Å². The first-order valence-corrected chi connectivity index (χ1v) is 12.5. The number of imide groups is 1. The number of amides is 3. The summed E-state index contributed by atoms with van der Waals surface area (Å²) in [5.41, 5.74) is 6.58. The minimum atomic E-state index is -0.349. The largest absolute Gasteiger partial charge is 0.385 e. The van der Waals surface area contributed by atoms with Crippen LogP contribution in [0.5, 0.6) is 0 Å². The number of benzene rings is 3. The molecule has 6 nitrogen and oxygen atoms in total. The number of ether oxygens (including phenoxy) is 1. The Hall–Kier alpha value is -3.77. The van der Waals surface area contributed by atoms with Gasteiger partial charge >= 0.3 is 0 Å². The molecule has 0 aromatic heterocycles. The lowest BCUT2D eigenvalue weighted by Gasteiger charge is -2.45. The van der Waals surface area contributed by atoms with Crippen LogP contribution in [0, 0.1) is 5.92 Å². The zero-order valence-electron chi connectivity index (χ0n) is 20.2. The van der Waals surface area contributed by atoms with Gasteiger partial charge < -0.3 is 10.1 Å². The molecule has 0 spiro atoms. The Balaban J connectivity index is 1.19. The Morgan fingerprint density at radius 3 is 2.22 bits per heavy atom. The predicted octanol–water partition coefficient (Wildman–Crippen LogP) is 4.35. The zero-order chi connectivity index (χ0) is 24.8. The summed E-state index contributed by atoms with van der Waals surface area (Å²) in [5.74, 6) is 0.00309. The van der Waals surface area contributed by atoms with Crippen LogP contribution < -0.4 is 5.32 Å². The molecule has 4 aliphatic rings. The first-order chi connectivity index (χ1) is 17.6. The molecule has 0 saturated heterocycles. The van der Waals surface area contributed by atoms with E-state index in [9.17, 15) is 14.4 Å². The lowest BCUT2D eigenvalue weighted by atomic mass is 9.59. The maximum absolute atomic E-state index is 13.1. The molecule has 1 heterocycles. The molecule has 3 aromatic carbocycles. The highest BCUT2D eigenvalue weighted by Crippen LogP contribution is 2.55. The van der Waals surface area contributed by atoms with Crippen LogP contribution in [0.3, 0.4) is 0 Å². The molecule has 1 unspecified atom stereocenters. The molecule has 0 saturated carbocycles. The number of rotatable bonds is 7. The van der Waals surface area contributed by atoms with Gasteiger partial charge in [0.2, 0.25) is 0 Å². The van der Waals surface area contributed by atoms with E-state index in [1.54, 1.807) is 25.3 Å². The number of nitrogens with zero attached hydrogens (tertiary/aromatic N) is 1. The van der Waals surface area contributed by atoms with E-state index in [1.807, 2.05) is 0 Å². The van der Waals surface area contributed by atoms with Gasteiger partial charge in [-0.2, -0.15) is 0 Å². The second-order valence-electron chi connectivity index (χ2n) is 9.86. The second kappa shape index (κ2) is 9.03. The summed E-state index contributed by atoms with van der Waals surface area (Å²) in [6.45, 7) is 1.32. The van der Waals surface area contributed by atoms with Gasteiger partial charge in [0.15, 0.2) is 0 Å². The zero-order valence-corrected chi connectivity index (χ0v) is 20.2. The number of hydrogen-bond donors (Lipinski definition) is 1. The van der Waals surface area contributed by atoms with E-state index in [4.69, 9.17) is 4.74 Å². The molecule has 182 valence electrons. The van der Waals surface area contributed by atoms with Crippen molar-refractivity contribution in [3.8, 4) is 0 Å². The SMILES string of the molecule is COCCCN1C(=O)c2ccc(C(=O)NCC3CC4c5ccccc5C3c3ccccc34)cc2C1=O. The first-order valence-electron chi connectivity index (χ1n) is 12.5. The van der Waals surface area contributed by atoms with Crippen LogP contribution in [0.1, 0.15) is 78.0 Å². The van der Waals surface area contributed by atoms with E-state index in [0.717, 1.165) is 6.42 Å². The molecule has 3 aromatic rings. The molecule has 1 aliphatic heterocycles. The van der Waals surface area contributed by atoms with Crippen LogP contribution in [0.4, 0.5) is 0 Å². The van der Waals surface area contributed by atoms with E-state index in [0.29, 0.717) is 48.7 Å². The number of methoxy groups -OCH3 is 1. The van der Waals surface area contributed by atoms with Gasteiger partial charge in [0, 0.05) is 44.2 Å². The summed E-state index contributed by atoms with van der Waals surface area (Å²) >= 11 is 0. The van der Waals surface area contributed by atoms with E-state index < -0.39 is 0 Å². The van der Waals surface area contributed by atoms with Crippen molar-refractivity contribution in [1.29, 1.82) is 0 Å². The molecule has 3 amide bonds. The van der Waals surface area contributed by atoms with Crippen molar-refractivity contribution in [2.24, 2.45) is 5.92 Å². The van der Waals surface area contributed by atoms with Crippen LogP contribution >= 0.6 is 0 Å². The third-order valence-corrected chi connectivity index (χ3v) is 7.91. The molecule has 3 aliphatic carbocycles. The van der Waals surface area contributed by atoms with Gasteiger partial charge in [-0.05, 0) is 59.2 Å². The minimum absolute atomic E-state index is 0.223. The van der Waals surface area contributed by atoms with E-state index in [1.165, 1.54) is 27.2 Å². The Morgan fingerprint density at radius 1 is 0.917 bits per heavy atom. The lowest BCUT2D eigenvalue weighted by molar-refractivity contribution is 0.0638. The second-order valence-corrected chi connectivity index (χ2v) is 9.86. The summed E-state index contributed by atoms with van der Waals surface area (Å²) in [6, 6.07) is 22.1. The summed E-state index contributed by atoms with van der Waals surface area (Å²) in [4.78, 5) is 39.9. The molecule has 0 fully saturated rings. The highest BCUT2D eigenvalue weighted by Gasteiger charge is 2.43. The Morgan fingerprint density at radius 2 is 1.56 bits per heavy atom. The average molecular weight is 481 g/mol. The Labute approximate surface area is 210 Å². The fraction of sp³-hybridized carbons (Fsp3) is 0.300. The van der Waals surface area contributed by atoms with Crippen molar-refractivity contribution < 1.29 is 19.1 Å². The van der Waals surface area contributed by atoms with E-state index in [-0.39, 0.29) is 29.6 Å². The number of carbonyl (C=O) groups excluding carboxylic acids is 3. The molecule has 6 heteroatoms. The predicted molar refractivity (Wildman–Crippen MR) is 135 cm³/mol. The van der Waals surface area contributed by atoms with E-state index in [2.05, 4.69) is 53.8 Å². The molecule has 7 rings (SSSR count). The smallest absolute Gasteiger partial charge is 0.261 e. The molecule has 1 atom stereocenters. The summed E-state index contributed by atoms with van der Waals surface area (Å²) < 4.78 is 5.03. The number of nitrogens with one attached hydrogen (secondary N) is 1. The normalized spacial score (nSPS) is 21.2. The van der Waals surface area contributed by atoms with Gasteiger partial charge in [-0.1, -0.05) is 48.5 Å². The summed E-state index contributed by atoms with van der Waals surface area (Å²) in [5, 5.41) is 3.12. The van der Waals surface area contributed by atoms with E-state index >= 15 is 0 Å². The molecular weight excluding hydrogens is 452 g/mol. The highest BCUT2D eigenvalue weighted by atomic mass is 16.5. The molecule has 1 N–H and O–H groups in total. The first kappa shape index (κ1) is 22.7. The third kappa shape index (κ3) is 3.56. The van der Waals surface area contributed by atoms with Crippen molar-refractivity contribution in [3.63, 3.8) is 0 Å². The number of fused-ring (bicyclic) bond motifs is 2. The van der Waals surface area contributed by atoms with Gasteiger partial charge in [0.25, 0.3) is 17.7 Å². The van der Waals surface area contributed by atoms with Crippen molar-refractivity contribution in [2.45, 2.75) is 24.7 Å². The summed E-state index contributed by atoms with van der Waals surface area (Å²) in [7, 11) is 1.59. The van der Waals surface area contributed by atoms with Gasteiger partial charge in [0.1, 0.15) is 0 Å². The highest BCUT2D eigenvalue weighted by molar-refractivity contribution is 6.22. The van der Waals surface area contributed by atoms with Crippen molar-refractivity contribution in [2.75, 3.05) is 26.8 Å². The third-order valence-electron chi connectivity index (χ3n) is 7.91. The minimum Gasteiger partial charge on any atom is -0.385 e.